The average Bonchev–Trinajstić information content (AvgIpc) is 2.36. The Morgan fingerprint density at radius 3 is 2.57 bits per heavy atom. The van der Waals surface area contributed by atoms with Crippen molar-refractivity contribution >= 4 is 15.7 Å². The number of alkyl halides is 3. The molecule has 21 heavy (non-hydrogen) atoms. The van der Waals surface area contributed by atoms with Crippen LogP contribution in [-0.4, -0.2) is 44.1 Å². The number of hydrogen-bond donors (Lipinski definition) is 2. The number of β-amino-alcohol motifs (C(OH)–C–C–N with tert-alkyl or cyclic N) is 1. The van der Waals surface area contributed by atoms with Gasteiger partial charge in [-0.1, -0.05) is 18.2 Å². The minimum Gasteiger partial charge on any atom is -0.382 e. The van der Waals surface area contributed by atoms with E-state index in [1.54, 1.807) is 24.3 Å². The van der Waals surface area contributed by atoms with Gasteiger partial charge in [-0.3, -0.25) is 0 Å². The number of hydrogen-bond acceptors (Lipinski definition) is 4. The third-order valence-electron chi connectivity index (χ3n) is 3.44. The second-order valence-corrected chi connectivity index (χ2v) is 6.85. The molecular weight excluding hydrogens is 309 g/mol. The fourth-order valence-corrected chi connectivity index (χ4v) is 3.15. The molecule has 0 spiro atoms. The second kappa shape index (κ2) is 5.47. The molecular formula is C12H15F3N2O3S. The SMILES string of the molecule is NS(=O)(=O)[C@H]1Cc2ccccc2N(C[C@H](O)C(F)(F)F)C1. The van der Waals surface area contributed by atoms with Crippen molar-refractivity contribution in [2.45, 2.75) is 24.0 Å². The Hall–Kier alpha value is -1.32. The van der Waals surface area contributed by atoms with Crippen molar-refractivity contribution in [3.63, 3.8) is 0 Å². The van der Waals surface area contributed by atoms with E-state index in [-0.39, 0.29) is 13.0 Å². The second-order valence-electron chi connectivity index (χ2n) is 5.01. The number of sulfonamides is 1. The Morgan fingerprint density at radius 2 is 2.00 bits per heavy atom. The first-order chi connectivity index (χ1) is 9.59. The van der Waals surface area contributed by atoms with Crippen molar-refractivity contribution in [3.8, 4) is 0 Å². The number of anilines is 1. The summed E-state index contributed by atoms with van der Waals surface area (Å²) in [5, 5.41) is 13.3. The molecule has 2 rings (SSSR count). The Labute approximate surface area is 120 Å². The molecule has 0 bridgehead atoms. The lowest BCUT2D eigenvalue weighted by atomic mass is 10.0. The smallest absolute Gasteiger partial charge is 0.382 e. The monoisotopic (exact) mass is 324 g/mol. The van der Waals surface area contributed by atoms with Gasteiger partial charge in [0.05, 0.1) is 11.8 Å². The lowest BCUT2D eigenvalue weighted by Gasteiger charge is -2.36. The van der Waals surface area contributed by atoms with Crippen molar-refractivity contribution in [3.05, 3.63) is 29.8 Å². The van der Waals surface area contributed by atoms with Crippen LogP contribution in [0.2, 0.25) is 0 Å². The first-order valence-corrected chi connectivity index (χ1v) is 7.79. The number of aliphatic hydroxyl groups is 1. The Balaban J connectivity index is 2.31. The molecule has 2 atom stereocenters. The van der Waals surface area contributed by atoms with Crippen molar-refractivity contribution in [1.82, 2.24) is 0 Å². The van der Waals surface area contributed by atoms with Crippen LogP contribution in [0.25, 0.3) is 0 Å². The zero-order chi connectivity index (χ0) is 15.8. The molecule has 3 N–H and O–H groups in total. The van der Waals surface area contributed by atoms with Crippen molar-refractivity contribution in [2.75, 3.05) is 18.0 Å². The normalized spacial score (nSPS) is 21.0. The molecule has 1 aromatic carbocycles. The molecule has 0 aliphatic carbocycles. The van der Waals surface area contributed by atoms with Gasteiger partial charge in [-0.05, 0) is 18.1 Å². The number of halogens is 3. The van der Waals surface area contributed by atoms with Gasteiger partial charge in [0.2, 0.25) is 10.0 Å². The molecule has 1 aliphatic heterocycles. The van der Waals surface area contributed by atoms with Crippen LogP contribution >= 0.6 is 0 Å². The molecule has 1 aromatic rings. The van der Waals surface area contributed by atoms with Crippen LogP contribution in [0.3, 0.4) is 0 Å². The number of aliphatic hydroxyl groups excluding tert-OH is 1. The zero-order valence-electron chi connectivity index (χ0n) is 10.9. The quantitative estimate of drug-likeness (QED) is 0.854. The Bertz CT molecular complexity index is 618. The minimum atomic E-state index is -4.76. The topological polar surface area (TPSA) is 83.6 Å². The van der Waals surface area contributed by atoms with Crippen LogP contribution in [-0.2, 0) is 16.4 Å². The number of rotatable bonds is 3. The first-order valence-electron chi connectivity index (χ1n) is 6.18. The van der Waals surface area contributed by atoms with Gasteiger partial charge in [0.1, 0.15) is 0 Å². The van der Waals surface area contributed by atoms with Gasteiger partial charge in [0.15, 0.2) is 6.10 Å². The maximum Gasteiger partial charge on any atom is 0.416 e. The predicted molar refractivity (Wildman–Crippen MR) is 71.3 cm³/mol. The van der Waals surface area contributed by atoms with E-state index in [2.05, 4.69) is 0 Å². The highest BCUT2D eigenvalue weighted by Gasteiger charge is 2.41. The molecule has 1 aliphatic rings. The van der Waals surface area contributed by atoms with Crippen molar-refractivity contribution in [2.24, 2.45) is 5.14 Å². The summed E-state index contributed by atoms with van der Waals surface area (Å²) in [7, 11) is -3.88. The minimum absolute atomic E-state index is 0.146. The molecule has 0 amide bonds. The maximum absolute atomic E-state index is 12.5. The van der Waals surface area contributed by atoms with E-state index in [4.69, 9.17) is 5.14 Å². The van der Waals surface area contributed by atoms with Gasteiger partial charge in [-0.2, -0.15) is 13.2 Å². The van der Waals surface area contributed by atoms with Gasteiger partial charge in [0, 0.05) is 12.2 Å². The number of benzene rings is 1. The summed E-state index contributed by atoms with van der Waals surface area (Å²) in [6.45, 7) is -0.907. The van der Waals surface area contributed by atoms with E-state index in [1.165, 1.54) is 4.90 Å². The lowest BCUT2D eigenvalue weighted by molar-refractivity contribution is -0.200. The number of fused-ring (bicyclic) bond motifs is 1. The standard InChI is InChI=1S/C12H15F3N2O3S/c13-12(14,15)11(18)7-17-6-9(21(16,19)20)5-8-3-1-2-4-10(8)17/h1-4,9,11,18H,5-7H2,(H2,16,19,20)/t9-,11-/m0/s1. The van der Waals surface area contributed by atoms with Gasteiger partial charge in [-0.25, -0.2) is 13.6 Å². The van der Waals surface area contributed by atoms with E-state index in [1.807, 2.05) is 0 Å². The summed E-state index contributed by atoms with van der Waals surface area (Å²) in [6, 6.07) is 6.54. The third-order valence-corrected chi connectivity index (χ3v) is 4.68. The fourth-order valence-electron chi connectivity index (χ4n) is 2.35. The van der Waals surface area contributed by atoms with Crippen molar-refractivity contribution in [1.29, 1.82) is 0 Å². The summed E-state index contributed by atoms with van der Waals surface area (Å²) >= 11 is 0. The third kappa shape index (κ3) is 3.66. The Kier molecular flexibility index (Phi) is 4.18. The van der Waals surface area contributed by atoms with Gasteiger partial charge >= 0.3 is 6.18 Å². The number of nitrogens with two attached hydrogens (primary N) is 1. The lowest BCUT2D eigenvalue weighted by Crippen LogP contribution is -2.49. The fraction of sp³-hybridized carbons (Fsp3) is 0.500. The molecule has 1 heterocycles. The molecule has 9 heteroatoms. The summed E-state index contributed by atoms with van der Waals surface area (Å²) in [4.78, 5) is 1.21. The average molecular weight is 324 g/mol. The number of primary sulfonamides is 1. The van der Waals surface area contributed by atoms with Crippen molar-refractivity contribution < 1.29 is 26.7 Å². The molecule has 0 radical (unpaired) electrons. The van der Waals surface area contributed by atoms with E-state index in [0.29, 0.717) is 11.3 Å². The van der Waals surface area contributed by atoms with Gasteiger partial charge in [-0.15, -0.1) is 0 Å². The summed E-state index contributed by atoms with van der Waals surface area (Å²) < 4.78 is 60.5. The maximum atomic E-state index is 12.5. The highest BCUT2D eigenvalue weighted by molar-refractivity contribution is 7.89. The molecule has 0 aromatic heterocycles. The summed E-state index contributed by atoms with van der Waals surface area (Å²) in [5.74, 6) is 0. The number of para-hydroxylation sites is 1. The highest BCUT2D eigenvalue weighted by Crippen LogP contribution is 2.30. The van der Waals surface area contributed by atoms with Crippen LogP contribution in [0, 0.1) is 0 Å². The predicted octanol–water partition coefficient (Wildman–Crippen LogP) is 0.629. The Morgan fingerprint density at radius 1 is 1.38 bits per heavy atom. The molecule has 0 saturated heterocycles. The molecule has 118 valence electrons. The molecule has 0 fully saturated rings. The van der Waals surface area contributed by atoms with Crippen LogP contribution < -0.4 is 10.0 Å². The van der Waals surface area contributed by atoms with Gasteiger partial charge in [0.25, 0.3) is 0 Å². The molecule has 0 saturated carbocycles. The highest BCUT2D eigenvalue weighted by atomic mass is 32.2. The van der Waals surface area contributed by atoms with Crippen LogP contribution in [0.4, 0.5) is 18.9 Å². The van der Waals surface area contributed by atoms with Gasteiger partial charge < -0.3 is 10.0 Å². The summed E-state index contributed by atoms with van der Waals surface area (Å²) in [5.41, 5.74) is 1.08. The molecule has 5 nitrogen and oxygen atoms in total. The van der Waals surface area contributed by atoms with E-state index in [9.17, 15) is 26.7 Å². The van der Waals surface area contributed by atoms with E-state index < -0.39 is 34.1 Å². The first kappa shape index (κ1) is 16.1. The van der Waals surface area contributed by atoms with Crippen LogP contribution in [0.1, 0.15) is 5.56 Å². The largest absolute Gasteiger partial charge is 0.416 e. The summed E-state index contributed by atoms with van der Waals surface area (Å²) in [6.07, 6.45) is -7.17. The van der Waals surface area contributed by atoms with Crippen LogP contribution in [0.5, 0.6) is 0 Å². The molecule has 0 unspecified atom stereocenters. The number of nitrogens with zero attached hydrogens (tertiary/aromatic N) is 1. The van der Waals surface area contributed by atoms with E-state index >= 15 is 0 Å². The zero-order valence-corrected chi connectivity index (χ0v) is 11.7. The van der Waals surface area contributed by atoms with E-state index in [0.717, 1.165) is 0 Å². The van der Waals surface area contributed by atoms with Crippen LogP contribution in [0.15, 0.2) is 24.3 Å².